The smallest absolute Gasteiger partial charge is 0.389 e. The van der Waals surface area contributed by atoms with Crippen LogP contribution in [-0.2, 0) is 6.18 Å². The lowest BCUT2D eigenvalue weighted by Gasteiger charge is -2.21. The van der Waals surface area contributed by atoms with Gasteiger partial charge in [-0.2, -0.15) is 13.2 Å². The van der Waals surface area contributed by atoms with Gasteiger partial charge in [0.15, 0.2) is 0 Å². The first-order chi connectivity index (χ1) is 8.77. The second-order valence-corrected chi connectivity index (χ2v) is 4.64. The SMILES string of the molecule is CCCCN(C)c1nc(C(F)(F)F)ccc1C(N)=S. The molecule has 3 nitrogen and oxygen atoms in total. The minimum Gasteiger partial charge on any atom is -0.389 e. The minimum atomic E-state index is -4.48. The summed E-state index contributed by atoms with van der Waals surface area (Å²) in [6.45, 7) is 2.60. The van der Waals surface area contributed by atoms with Crippen molar-refractivity contribution in [1.82, 2.24) is 4.98 Å². The Bertz CT molecular complexity index is 460. The predicted molar refractivity (Wildman–Crippen MR) is 73.3 cm³/mol. The Morgan fingerprint density at radius 1 is 1.42 bits per heavy atom. The quantitative estimate of drug-likeness (QED) is 0.847. The van der Waals surface area contributed by atoms with Crippen LogP contribution in [0.4, 0.5) is 19.0 Å². The third kappa shape index (κ3) is 4.05. The second-order valence-electron chi connectivity index (χ2n) is 4.20. The zero-order valence-electron chi connectivity index (χ0n) is 10.8. The van der Waals surface area contributed by atoms with Crippen molar-refractivity contribution < 1.29 is 13.2 Å². The summed E-state index contributed by atoms with van der Waals surface area (Å²) in [6.07, 6.45) is -2.69. The largest absolute Gasteiger partial charge is 0.433 e. The van der Waals surface area contributed by atoms with E-state index in [4.69, 9.17) is 18.0 Å². The number of thiocarbonyl (C=S) groups is 1. The highest BCUT2D eigenvalue weighted by Crippen LogP contribution is 2.30. The van der Waals surface area contributed by atoms with Gasteiger partial charge in [0.25, 0.3) is 0 Å². The highest BCUT2D eigenvalue weighted by atomic mass is 32.1. The molecule has 0 radical (unpaired) electrons. The number of nitrogens with two attached hydrogens (primary N) is 1. The molecule has 0 fully saturated rings. The van der Waals surface area contributed by atoms with Gasteiger partial charge in [0.05, 0.1) is 5.56 Å². The molecule has 0 unspecified atom stereocenters. The molecule has 2 N–H and O–H groups in total. The van der Waals surface area contributed by atoms with E-state index in [1.807, 2.05) is 6.92 Å². The third-order valence-electron chi connectivity index (χ3n) is 2.64. The molecule has 0 saturated heterocycles. The van der Waals surface area contributed by atoms with E-state index >= 15 is 0 Å². The predicted octanol–water partition coefficient (Wildman–Crippen LogP) is 2.97. The molecule has 1 aromatic rings. The van der Waals surface area contributed by atoms with Gasteiger partial charge >= 0.3 is 6.18 Å². The number of rotatable bonds is 5. The summed E-state index contributed by atoms with van der Waals surface area (Å²) in [5.41, 5.74) is 4.95. The Hall–Kier alpha value is -1.37. The Morgan fingerprint density at radius 2 is 2.05 bits per heavy atom. The fraction of sp³-hybridized carbons (Fsp3) is 0.500. The molecule has 0 saturated carbocycles. The molecular formula is C12H16F3N3S. The van der Waals surface area contributed by atoms with Gasteiger partial charge in [-0.3, -0.25) is 0 Å². The molecule has 1 aromatic heterocycles. The van der Waals surface area contributed by atoms with Crippen LogP contribution in [0.15, 0.2) is 12.1 Å². The van der Waals surface area contributed by atoms with E-state index in [1.54, 1.807) is 11.9 Å². The number of halogens is 3. The maximum Gasteiger partial charge on any atom is 0.433 e. The number of hydrogen-bond donors (Lipinski definition) is 1. The molecule has 0 bridgehead atoms. The molecule has 1 rings (SSSR count). The highest BCUT2D eigenvalue weighted by Gasteiger charge is 2.33. The number of pyridine rings is 1. The molecule has 0 spiro atoms. The van der Waals surface area contributed by atoms with Gasteiger partial charge < -0.3 is 10.6 Å². The van der Waals surface area contributed by atoms with E-state index in [0.29, 0.717) is 12.1 Å². The minimum absolute atomic E-state index is 0.0413. The zero-order valence-corrected chi connectivity index (χ0v) is 11.6. The van der Waals surface area contributed by atoms with Crippen molar-refractivity contribution in [3.8, 4) is 0 Å². The van der Waals surface area contributed by atoms with Gasteiger partial charge in [-0.25, -0.2) is 4.98 Å². The number of alkyl halides is 3. The molecule has 0 atom stereocenters. The first-order valence-electron chi connectivity index (χ1n) is 5.86. The van der Waals surface area contributed by atoms with Crippen LogP contribution >= 0.6 is 12.2 Å². The average molecular weight is 291 g/mol. The van der Waals surface area contributed by atoms with Gasteiger partial charge in [0.1, 0.15) is 16.5 Å². The number of aromatic nitrogens is 1. The fourth-order valence-electron chi connectivity index (χ4n) is 1.59. The van der Waals surface area contributed by atoms with E-state index in [2.05, 4.69) is 4.98 Å². The Morgan fingerprint density at radius 3 is 2.53 bits per heavy atom. The highest BCUT2D eigenvalue weighted by molar-refractivity contribution is 7.80. The molecule has 0 aliphatic carbocycles. The van der Waals surface area contributed by atoms with Gasteiger partial charge in [-0.1, -0.05) is 25.6 Å². The summed E-state index contributed by atoms with van der Waals surface area (Å²) in [7, 11) is 1.68. The second kappa shape index (κ2) is 6.18. The van der Waals surface area contributed by atoms with Gasteiger partial charge in [0, 0.05) is 13.6 Å². The van der Waals surface area contributed by atoms with Crippen molar-refractivity contribution in [2.45, 2.75) is 25.9 Å². The fourth-order valence-corrected chi connectivity index (χ4v) is 1.75. The molecular weight excluding hydrogens is 275 g/mol. The van der Waals surface area contributed by atoms with Crippen LogP contribution in [0.5, 0.6) is 0 Å². The van der Waals surface area contributed by atoms with Crippen LogP contribution in [0.2, 0.25) is 0 Å². The van der Waals surface area contributed by atoms with Gasteiger partial charge in [0.2, 0.25) is 0 Å². The number of nitrogens with zero attached hydrogens (tertiary/aromatic N) is 2. The summed E-state index contributed by atoms with van der Waals surface area (Å²) < 4.78 is 38.0. The lowest BCUT2D eigenvalue weighted by atomic mass is 10.2. The molecule has 0 aliphatic heterocycles. The first-order valence-corrected chi connectivity index (χ1v) is 6.27. The number of unbranched alkanes of at least 4 members (excludes halogenated alkanes) is 1. The maximum absolute atomic E-state index is 12.7. The molecule has 106 valence electrons. The third-order valence-corrected chi connectivity index (χ3v) is 2.86. The van der Waals surface area contributed by atoms with Crippen LogP contribution in [0.25, 0.3) is 0 Å². The molecule has 19 heavy (non-hydrogen) atoms. The molecule has 1 heterocycles. The van der Waals surface area contributed by atoms with Crippen LogP contribution in [0.1, 0.15) is 31.0 Å². The lowest BCUT2D eigenvalue weighted by molar-refractivity contribution is -0.141. The Labute approximate surface area is 115 Å². The summed E-state index contributed by atoms with van der Waals surface area (Å²) in [6, 6.07) is 2.17. The maximum atomic E-state index is 12.7. The van der Waals surface area contributed by atoms with E-state index in [0.717, 1.165) is 18.9 Å². The van der Waals surface area contributed by atoms with Crippen molar-refractivity contribution in [3.05, 3.63) is 23.4 Å². The van der Waals surface area contributed by atoms with E-state index in [1.165, 1.54) is 6.07 Å². The molecule has 0 aromatic carbocycles. The van der Waals surface area contributed by atoms with Crippen LogP contribution in [0.3, 0.4) is 0 Å². The summed E-state index contributed by atoms with van der Waals surface area (Å²) in [5, 5.41) is 0. The van der Waals surface area contributed by atoms with Crippen molar-refractivity contribution in [2.75, 3.05) is 18.5 Å². The standard InChI is InChI=1S/C12H16F3N3S/c1-3-4-7-18(2)11-8(10(16)19)5-6-9(17-11)12(13,14)15/h5-6H,3-4,7H2,1-2H3,(H2,16,19). The first kappa shape index (κ1) is 15.7. The van der Waals surface area contributed by atoms with Crippen LogP contribution in [-0.4, -0.2) is 23.6 Å². The molecule has 0 aliphatic rings. The Kier molecular flexibility index (Phi) is 5.11. The summed E-state index contributed by atoms with van der Waals surface area (Å²) in [4.78, 5) is 5.34. The monoisotopic (exact) mass is 291 g/mol. The van der Waals surface area contributed by atoms with Crippen molar-refractivity contribution >= 4 is 23.0 Å². The topological polar surface area (TPSA) is 42.2 Å². The van der Waals surface area contributed by atoms with Gasteiger partial charge in [-0.05, 0) is 18.6 Å². The van der Waals surface area contributed by atoms with Crippen LogP contribution < -0.4 is 10.6 Å². The van der Waals surface area contributed by atoms with E-state index in [9.17, 15) is 13.2 Å². The molecule has 7 heteroatoms. The molecule has 0 amide bonds. The van der Waals surface area contributed by atoms with Crippen molar-refractivity contribution in [1.29, 1.82) is 0 Å². The van der Waals surface area contributed by atoms with Crippen LogP contribution in [0, 0.1) is 0 Å². The number of hydrogen-bond acceptors (Lipinski definition) is 3. The normalized spacial score (nSPS) is 11.4. The lowest BCUT2D eigenvalue weighted by Crippen LogP contribution is -2.25. The van der Waals surface area contributed by atoms with Crippen molar-refractivity contribution in [2.24, 2.45) is 5.73 Å². The van der Waals surface area contributed by atoms with Crippen molar-refractivity contribution in [3.63, 3.8) is 0 Å². The summed E-state index contributed by atoms with van der Waals surface area (Å²) >= 11 is 4.85. The number of anilines is 1. The van der Waals surface area contributed by atoms with Gasteiger partial charge in [-0.15, -0.1) is 0 Å². The van der Waals surface area contributed by atoms with E-state index < -0.39 is 11.9 Å². The summed E-state index contributed by atoms with van der Waals surface area (Å²) in [5.74, 6) is 0.177. The van der Waals surface area contributed by atoms with E-state index in [-0.39, 0.29) is 10.8 Å². The zero-order chi connectivity index (χ0) is 14.6. The Balaban J connectivity index is 3.19. The average Bonchev–Trinajstić information content (AvgIpc) is 2.33.